The van der Waals surface area contributed by atoms with Crippen LogP contribution in [0.4, 0.5) is 4.79 Å². The zero-order valence-corrected chi connectivity index (χ0v) is 11.8. The van der Waals surface area contributed by atoms with E-state index in [-0.39, 0.29) is 19.4 Å². The van der Waals surface area contributed by atoms with E-state index < -0.39 is 24.0 Å². The summed E-state index contributed by atoms with van der Waals surface area (Å²) >= 11 is 0. The second-order valence-corrected chi connectivity index (χ2v) is 4.56. The van der Waals surface area contributed by atoms with Gasteiger partial charge in [0.05, 0.1) is 5.69 Å². The highest BCUT2D eigenvalue weighted by Crippen LogP contribution is 2.04. The smallest absolute Gasteiger partial charge is 0.326 e. The van der Waals surface area contributed by atoms with Crippen LogP contribution < -0.4 is 10.6 Å². The summed E-state index contributed by atoms with van der Waals surface area (Å²) in [5.41, 5.74) is 1.57. The summed E-state index contributed by atoms with van der Waals surface area (Å²) in [6, 6.07) is -1.91. The Balaban J connectivity index is 2.48. The molecule has 0 aliphatic heterocycles. The molecule has 0 radical (unpaired) electrons. The van der Waals surface area contributed by atoms with Crippen LogP contribution in [0.3, 0.4) is 0 Å². The number of carboxylic acid groups (broad SMARTS) is 2. The fourth-order valence-corrected chi connectivity index (χ4v) is 1.73. The predicted octanol–water partition coefficient (Wildman–Crippen LogP) is -0.154. The van der Waals surface area contributed by atoms with Gasteiger partial charge in [-0.1, -0.05) is 0 Å². The van der Waals surface area contributed by atoms with Gasteiger partial charge >= 0.3 is 18.0 Å². The van der Waals surface area contributed by atoms with Crippen LogP contribution in [0.1, 0.15) is 24.1 Å². The van der Waals surface area contributed by atoms with Gasteiger partial charge in [-0.2, -0.15) is 5.10 Å². The Bertz CT molecular complexity index is 540. The normalized spacial score (nSPS) is 11.7. The van der Waals surface area contributed by atoms with Crippen molar-refractivity contribution in [3.8, 4) is 0 Å². The number of rotatable bonds is 7. The first-order valence-corrected chi connectivity index (χ1v) is 6.27. The van der Waals surface area contributed by atoms with Gasteiger partial charge in [-0.25, -0.2) is 9.59 Å². The minimum absolute atomic E-state index is 0.177. The molecule has 0 saturated heterocycles. The summed E-state index contributed by atoms with van der Waals surface area (Å²) in [5.74, 6) is -2.39. The van der Waals surface area contributed by atoms with Crippen LogP contribution in [-0.2, 0) is 23.2 Å². The van der Waals surface area contributed by atoms with Crippen LogP contribution in [-0.4, -0.2) is 44.0 Å². The van der Waals surface area contributed by atoms with Gasteiger partial charge in [-0.3, -0.25) is 9.48 Å². The molecule has 0 fully saturated rings. The Morgan fingerprint density at radius 2 is 2.05 bits per heavy atom. The van der Waals surface area contributed by atoms with Gasteiger partial charge in [0.15, 0.2) is 0 Å². The molecule has 0 aliphatic carbocycles. The van der Waals surface area contributed by atoms with Crippen molar-refractivity contribution < 1.29 is 24.6 Å². The van der Waals surface area contributed by atoms with Crippen LogP contribution >= 0.6 is 0 Å². The number of aryl methyl sites for hydroxylation is 2. The molecule has 0 unspecified atom stereocenters. The van der Waals surface area contributed by atoms with Crippen molar-refractivity contribution in [2.45, 2.75) is 32.4 Å². The molecule has 4 N–H and O–H groups in total. The maximum atomic E-state index is 11.6. The van der Waals surface area contributed by atoms with Gasteiger partial charge in [0.2, 0.25) is 0 Å². The summed E-state index contributed by atoms with van der Waals surface area (Å²) in [4.78, 5) is 33.0. The quantitative estimate of drug-likeness (QED) is 0.553. The minimum Gasteiger partial charge on any atom is -0.481 e. The van der Waals surface area contributed by atoms with E-state index in [0.717, 1.165) is 11.3 Å². The van der Waals surface area contributed by atoms with E-state index in [2.05, 4.69) is 15.7 Å². The molecule has 0 bridgehead atoms. The van der Waals surface area contributed by atoms with E-state index in [9.17, 15) is 14.4 Å². The summed E-state index contributed by atoms with van der Waals surface area (Å²) in [5, 5.41) is 26.3. The number of urea groups is 1. The van der Waals surface area contributed by atoms with Crippen molar-refractivity contribution in [1.82, 2.24) is 20.4 Å². The van der Waals surface area contributed by atoms with Gasteiger partial charge in [-0.15, -0.1) is 0 Å². The highest BCUT2D eigenvalue weighted by atomic mass is 16.4. The predicted molar refractivity (Wildman–Crippen MR) is 71.6 cm³/mol. The third-order valence-electron chi connectivity index (χ3n) is 2.80. The van der Waals surface area contributed by atoms with Gasteiger partial charge < -0.3 is 20.8 Å². The number of aliphatic carboxylic acids is 2. The Morgan fingerprint density at radius 1 is 1.38 bits per heavy atom. The summed E-state index contributed by atoms with van der Waals surface area (Å²) in [6.45, 7) is 2.00. The van der Waals surface area contributed by atoms with E-state index in [4.69, 9.17) is 10.2 Å². The van der Waals surface area contributed by atoms with Crippen molar-refractivity contribution in [3.05, 3.63) is 17.5 Å². The van der Waals surface area contributed by atoms with Gasteiger partial charge in [0.25, 0.3) is 0 Å². The molecule has 9 heteroatoms. The lowest BCUT2D eigenvalue weighted by Crippen LogP contribution is -2.46. The fraction of sp³-hybridized carbons (Fsp3) is 0.500. The standard InChI is InChI=1S/C12H18N4O5/c1-7-8(6-16(2)15-7)5-13-12(21)14-9(11(19)20)3-4-10(17)18/h6,9H,3-5H2,1-2H3,(H,17,18)(H,19,20)(H2,13,14,21)/t9-/m0/s1. The summed E-state index contributed by atoms with van der Waals surface area (Å²) in [7, 11) is 1.75. The molecule has 1 heterocycles. The molecule has 0 spiro atoms. The van der Waals surface area contributed by atoms with Gasteiger partial charge in [0, 0.05) is 31.8 Å². The maximum absolute atomic E-state index is 11.6. The van der Waals surface area contributed by atoms with Crippen molar-refractivity contribution in [2.75, 3.05) is 0 Å². The first-order chi connectivity index (χ1) is 9.79. The van der Waals surface area contributed by atoms with Crippen molar-refractivity contribution in [2.24, 2.45) is 7.05 Å². The number of nitrogens with zero attached hydrogens (tertiary/aromatic N) is 2. The van der Waals surface area contributed by atoms with Crippen molar-refractivity contribution in [1.29, 1.82) is 0 Å². The van der Waals surface area contributed by atoms with Gasteiger partial charge in [0.1, 0.15) is 6.04 Å². The molecule has 1 rings (SSSR count). The lowest BCUT2D eigenvalue weighted by molar-refractivity contribution is -0.140. The molecule has 0 saturated carbocycles. The molecule has 9 nitrogen and oxygen atoms in total. The number of carbonyl (C=O) groups excluding carboxylic acids is 1. The summed E-state index contributed by atoms with van der Waals surface area (Å²) < 4.78 is 1.61. The highest BCUT2D eigenvalue weighted by Gasteiger charge is 2.20. The third kappa shape index (κ3) is 5.51. The Hall–Kier alpha value is -2.58. The number of aromatic nitrogens is 2. The van der Waals surface area contributed by atoms with E-state index in [1.165, 1.54) is 0 Å². The average Bonchev–Trinajstić information content (AvgIpc) is 2.69. The average molecular weight is 298 g/mol. The number of amides is 2. The maximum Gasteiger partial charge on any atom is 0.326 e. The monoisotopic (exact) mass is 298 g/mol. The molecular formula is C12H18N4O5. The van der Waals surface area contributed by atoms with Crippen LogP contribution in [0.15, 0.2) is 6.20 Å². The van der Waals surface area contributed by atoms with Crippen LogP contribution in [0, 0.1) is 6.92 Å². The second-order valence-electron chi connectivity index (χ2n) is 4.56. The van der Waals surface area contributed by atoms with Gasteiger partial charge in [-0.05, 0) is 13.3 Å². The Morgan fingerprint density at radius 3 is 2.52 bits per heavy atom. The molecule has 0 aromatic carbocycles. The minimum atomic E-state index is -1.27. The van der Waals surface area contributed by atoms with Crippen LogP contribution in [0.2, 0.25) is 0 Å². The molecule has 1 aromatic heterocycles. The molecular weight excluding hydrogens is 280 g/mol. The third-order valence-corrected chi connectivity index (χ3v) is 2.80. The second kappa shape index (κ2) is 7.27. The van der Waals surface area contributed by atoms with Crippen LogP contribution in [0.25, 0.3) is 0 Å². The number of hydrogen-bond acceptors (Lipinski definition) is 4. The topological polar surface area (TPSA) is 134 Å². The zero-order chi connectivity index (χ0) is 16.0. The largest absolute Gasteiger partial charge is 0.481 e. The molecule has 1 atom stereocenters. The van der Waals surface area contributed by atoms with E-state index in [1.54, 1.807) is 24.9 Å². The molecule has 2 amide bonds. The van der Waals surface area contributed by atoms with E-state index in [0.29, 0.717) is 0 Å². The van der Waals surface area contributed by atoms with Crippen LogP contribution in [0.5, 0.6) is 0 Å². The lowest BCUT2D eigenvalue weighted by atomic mass is 10.1. The van der Waals surface area contributed by atoms with E-state index in [1.807, 2.05) is 0 Å². The number of nitrogens with one attached hydrogen (secondary N) is 2. The highest BCUT2D eigenvalue weighted by molar-refractivity contribution is 5.83. The Labute approximate surface area is 120 Å². The molecule has 116 valence electrons. The molecule has 1 aromatic rings. The number of hydrogen-bond donors (Lipinski definition) is 4. The number of carboxylic acids is 2. The zero-order valence-electron chi connectivity index (χ0n) is 11.8. The SMILES string of the molecule is Cc1nn(C)cc1CNC(=O)N[C@@H](CCC(=O)O)C(=O)O. The lowest BCUT2D eigenvalue weighted by Gasteiger charge is -2.14. The first-order valence-electron chi connectivity index (χ1n) is 6.27. The Kier molecular flexibility index (Phi) is 5.70. The molecule has 21 heavy (non-hydrogen) atoms. The first kappa shape index (κ1) is 16.5. The van der Waals surface area contributed by atoms with Crippen molar-refractivity contribution in [3.63, 3.8) is 0 Å². The number of carbonyl (C=O) groups is 3. The van der Waals surface area contributed by atoms with Crippen molar-refractivity contribution >= 4 is 18.0 Å². The van der Waals surface area contributed by atoms with E-state index >= 15 is 0 Å². The summed E-state index contributed by atoms with van der Waals surface area (Å²) in [6.07, 6.45) is 1.23. The molecule has 0 aliphatic rings. The fourth-order valence-electron chi connectivity index (χ4n) is 1.73.